The summed E-state index contributed by atoms with van der Waals surface area (Å²) >= 11 is 0. The van der Waals surface area contributed by atoms with Crippen LogP contribution in [0.15, 0.2) is 47.1 Å². The molecule has 4 aliphatic rings. The third kappa shape index (κ3) is 4.36. The van der Waals surface area contributed by atoms with Gasteiger partial charge in [-0.2, -0.15) is 0 Å². The topological polar surface area (TPSA) is 66.8 Å². The van der Waals surface area contributed by atoms with Crippen molar-refractivity contribution >= 4 is 5.97 Å². The molecule has 0 aromatic rings. The Kier molecular flexibility index (Phi) is 6.36. The quantitative estimate of drug-likeness (QED) is 0.661. The summed E-state index contributed by atoms with van der Waals surface area (Å²) in [6.45, 7) is 8.20. The number of allylic oxidation sites excluding steroid dienone is 3. The molecule has 0 aromatic carbocycles. The van der Waals surface area contributed by atoms with Gasteiger partial charge in [0.1, 0.15) is 6.10 Å². The van der Waals surface area contributed by atoms with Crippen LogP contribution in [0.1, 0.15) is 65.2 Å². The summed E-state index contributed by atoms with van der Waals surface area (Å²) in [4.78, 5) is 11.7. The lowest BCUT2D eigenvalue weighted by atomic mass is 9.71. The number of ether oxygens (including phenoxy) is 1. The normalized spacial score (nSPS) is 40.5. The summed E-state index contributed by atoms with van der Waals surface area (Å²) in [6.07, 6.45) is 13.2. The van der Waals surface area contributed by atoms with E-state index in [2.05, 4.69) is 25.7 Å². The van der Waals surface area contributed by atoms with E-state index in [1.54, 1.807) is 0 Å². The number of rotatable bonds is 4. The summed E-state index contributed by atoms with van der Waals surface area (Å²) in [5, 5.41) is 20.1. The predicted molar refractivity (Wildman–Crippen MR) is 118 cm³/mol. The Morgan fingerprint density at radius 2 is 2.07 bits per heavy atom. The summed E-state index contributed by atoms with van der Waals surface area (Å²) in [6, 6.07) is 0. The van der Waals surface area contributed by atoms with Gasteiger partial charge in [-0.3, -0.25) is 0 Å². The molecule has 0 bridgehead atoms. The smallest absolute Gasteiger partial charge is 0.334 e. The first-order chi connectivity index (χ1) is 14.3. The van der Waals surface area contributed by atoms with Crippen LogP contribution in [0.4, 0.5) is 0 Å². The molecule has 0 saturated heterocycles. The minimum Gasteiger partial charge on any atom is -0.455 e. The Balaban J connectivity index is 1.43. The van der Waals surface area contributed by atoms with E-state index in [9.17, 15) is 15.0 Å². The Morgan fingerprint density at radius 1 is 1.27 bits per heavy atom. The molecule has 3 aliphatic carbocycles. The molecular formula is C26H36O4. The van der Waals surface area contributed by atoms with E-state index in [-0.39, 0.29) is 12.1 Å². The maximum Gasteiger partial charge on any atom is 0.334 e. The number of cyclic esters (lactones) is 1. The molecule has 0 radical (unpaired) electrons. The molecule has 4 nitrogen and oxygen atoms in total. The minimum atomic E-state index is -0.628. The second kappa shape index (κ2) is 8.84. The van der Waals surface area contributed by atoms with Gasteiger partial charge in [0.25, 0.3) is 0 Å². The lowest BCUT2D eigenvalue weighted by molar-refractivity contribution is -0.140. The van der Waals surface area contributed by atoms with Gasteiger partial charge in [0.2, 0.25) is 0 Å². The Labute approximate surface area is 180 Å². The monoisotopic (exact) mass is 412 g/mol. The number of carbonyl (C=O) groups is 1. The van der Waals surface area contributed by atoms with Gasteiger partial charge in [0, 0.05) is 12.0 Å². The highest BCUT2D eigenvalue weighted by Crippen LogP contribution is 2.51. The number of carbonyl (C=O) groups excluding carboxylic acids is 1. The van der Waals surface area contributed by atoms with Gasteiger partial charge < -0.3 is 14.9 Å². The Morgan fingerprint density at radius 3 is 2.80 bits per heavy atom. The molecule has 2 unspecified atom stereocenters. The van der Waals surface area contributed by atoms with Gasteiger partial charge in [-0.25, -0.2) is 4.79 Å². The SMILES string of the molecule is C=C1/C(=C\C=C2/CCCC3C2CC[C@@H]3[C@H](C)C[C@H]2C=C(C)C(=O)O2)C[C@@H](O)C[C@@H]1O. The maximum absolute atomic E-state index is 11.7. The Bertz CT molecular complexity index is 789. The molecule has 1 aliphatic heterocycles. The molecule has 3 saturated carbocycles. The molecule has 4 rings (SSSR count). The van der Waals surface area contributed by atoms with Gasteiger partial charge >= 0.3 is 5.97 Å². The first-order valence-electron chi connectivity index (χ1n) is 11.7. The molecule has 2 N–H and O–H groups in total. The number of esters is 1. The van der Waals surface area contributed by atoms with Crippen molar-refractivity contribution in [3.8, 4) is 0 Å². The molecule has 1 heterocycles. The van der Waals surface area contributed by atoms with E-state index in [0.717, 1.165) is 29.6 Å². The molecule has 0 aromatic heterocycles. The average molecular weight is 413 g/mol. The fourth-order valence-corrected chi connectivity index (χ4v) is 6.35. The standard InChI is InChI=1S/C26H36O4/c1-15(11-21-12-16(2)26(29)30-21)22-9-10-23-18(5-4-6-24(22)23)7-8-19-13-20(27)14-25(28)17(19)3/h7-8,12,15,20-25,27-28H,3-6,9-11,13-14H2,1-2H3/b18-7+,19-8-/t15-,20-,21+,22-,23?,24?,25+/m1/s1. The van der Waals surface area contributed by atoms with E-state index in [4.69, 9.17) is 4.74 Å². The summed E-state index contributed by atoms with van der Waals surface area (Å²) in [5.74, 6) is 2.42. The third-order valence-corrected chi connectivity index (χ3v) is 7.97. The number of hydrogen-bond donors (Lipinski definition) is 2. The zero-order chi connectivity index (χ0) is 21.4. The number of aliphatic hydroxyl groups is 2. The van der Waals surface area contributed by atoms with Crippen molar-refractivity contribution in [3.63, 3.8) is 0 Å². The van der Waals surface area contributed by atoms with Gasteiger partial charge in [0.05, 0.1) is 12.2 Å². The van der Waals surface area contributed by atoms with Crippen LogP contribution in [-0.4, -0.2) is 34.5 Å². The van der Waals surface area contributed by atoms with Crippen molar-refractivity contribution in [1.82, 2.24) is 0 Å². The lowest BCUT2D eigenvalue weighted by Gasteiger charge is -2.34. The minimum absolute atomic E-state index is 0.0509. The molecule has 3 fully saturated rings. The predicted octanol–water partition coefficient (Wildman–Crippen LogP) is 4.64. The molecule has 30 heavy (non-hydrogen) atoms. The lowest BCUT2D eigenvalue weighted by Crippen LogP contribution is -2.27. The highest BCUT2D eigenvalue weighted by atomic mass is 16.5. The largest absolute Gasteiger partial charge is 0.455 e. The first-order valence-corrected chi connectivity index (χ1v) is 11.7. The van der Waals surface area contributed by atoms with Crippen molar-refractivity contribution in [2.45, 2.75) is 83.5 Å². The second-order valence-corrected chi connectivity index (χ2v) is 9.98. The number of aliphatic hydroxyl groups excluding tert-OH is 2. The van der Waals surface area contributed by atoms with Crippen LogP contribution in [0.2, 0.25) is 0 Å². The van der Waals surface area contributed by atoms with Crippen molar-refractivity contribution in [1.29, 1.82) is 0 Å². The van der Waals surface area contributed by atoms with Crippen LogP contribution in [0.5, 0.6) is 0 Å². The fourth-order valence-electron chi connectivity index (χ4n) is 6.35. The van der Waals surface area contributed by atoms with Crippen LogP contribution < -0.4 is 0 Å². The van der Waals surface area contributed by atoms with Crippen LogP contribution in [0.3, 0.4) is 0 Å². The second-order valence-electron chi connectivity index (χ2n) is 9.98. The van der Waals surface area contributed by atoms with Crippen LogP contribution in [0.25, 0.3) is 0 Å². The Hall–Kier alpha value is -1.65. The van der Waals surface area contributed by atoms with Gasteiger partial charge in [-0.05, 0) is 92.8 Å². The summed E-state index contributed by atoms with van der Waals surface area (Å²) in [7, 11) is 0. The number of hydrogen-bond acceptors (Lipinski definition) is 4. The highest BCUT2D eigenvalue weighted by molar-refractivity contribution is 5.90. The molecule has 0 spiro atoms. The van der Waals surface area contributed by atoms with E-state index < -0.39 is 12.2 Å². The molecule has 0 amide bonds. The molecule has 7 atom stereocenters. The molecule has 4 heteroatoms. The van der Waals surface area contributed by atoms with Crippen molar-refractivity contribution in [2.75, 3.05) is 0 Å². The average Bonchev–Trinajstić information content (AvgIpc) is 3.27. The highest BCUT2D eigenvalue weighted by Gasteiger charge is 2.42. The van der Waals surface area contributed by atoms with Crippen molar-refractivity contribution in [3.05, 3.63) is 47.1 Å². The third-order valence-electron chi connectivity index (χ3n) is 7.97. The number of fused-ring (bicyclic) bond motifs is 1. The zero-order valence-corrected chi connectivity index (χ0v) is 18.3. The zero-order valence-electron chi connectivity index (χ0n) is 18.3. The van der Waals surface area contributed by atoms with Crippen LogP contribution >= 0.6 is 0 Å². The summed E-state index contributed by atoms with van der Waals surface area (Å²) in [5.41, 5.74) is 4.02. The first kappa shape index (κ1) is 21.6. The van der Waals surface area contributed by atoms with Crippen molar-refractivity contribution in [2.24, 2.45) is 23.7 Å². The van der Waals surface area contributed by atoms with E-state index in [1.807, 2.05) is 13.0 Å². The van der Waals surface area contributed by atoms with Gasteiger partial charge in [0.15, 0.2) is 0 Å². The maximum atomic E-state index is 11.7. The van der Waals surface area contributed by atoms with Crippen LogP contribution in [-0.2, 0) is 9.53 Å². The van der Waals surface area contributed by atoms with Gasteiger partial charge in [-0.1, -0.05) is 31.2 Å². The van der Waals surface area contributed by atoms with Crippen molar-refractivity contribution < 1.29 is 19.7 Å². The van der Waals surface area contributed by atoms with E-state index in [0.29, 0.717) is 36.5 Å². The van der Waals surface area contributed by atoms with E-state index >= 15 is 0 Å². The van der Waals surface area contributed by atoms with Gasteiger partial charge in [-0.15, -0.1) is 0 Å². The molecular weight excluding hydrogens is 376 g/mol. The van der Waals surface area contributed by atoms with E-state index in [1.165, 1.54) is 31.3 Å². The summed E-state index contributed by atoms with van der Waals surface area (Å²) < 4.78 is 5.49. The fraction of sp³-hybridized carbons (Fsp3) is 0.654. The van der Waals surface area contributed by atoms with Crippen LogP contribution in [0, 0.1) is 23.7 Å². The molecule has 164 valence electrons.